The molecular weight excluding hydrogens is 198 g/mol. The molecule has 1 N–H and O–H groups in total. The Hall–Kier alpha value is -0.830. The van der Waals surface area contributed by atoms with E-state index in [2.05, 4.69) is 42.1 Å². The fourth-order valence-electron chi connectivity index (χ4n) is 2.28. The van der Waals surface area contributed by atoms with E-state index in [4.69, 9.17) is 0 Å². The van der Waals surface area contributed by atoms with Gasteiger partial charge in [-0.25, -0.2) is 0 Å². The Balaban J connectivity index is 2.00. The molecule has 1 aromatic rings. The highest BCUT2D eigenvalue weighted by atomic mass is 15.3. The first-order valence-corrected chi connectivity index (χ1v) is 6.41. The van der Waals surface area contributed by atoms with Crippen molar-refractivity contribution >= 4 is 0 Å². The monoisotopic (exact) mass is 221 g/mol. The van der Waals surface area contributed by atoms with Gasteiger partial charge in [0.15, 0.2) is 0 Å². The van der Waals surface area contributed by atoms with Gasteiger partial charge in [-0.05, 0) is 43.7 Å². The molecule has 0 amide bonds. The lowest BCUT2D eigenvalue weighted by Gasteiger charge is -2.15. The maximum absolute atomic E-state index is 4.52. The van der Waals surface area contributed by atoms with Crippen molar-refractivity contribution in [1.29, 1.82) is 0 Å². The van der Waals surface area contributed by atoms with Gasteiger partial charge in [-0.15, -0.1) is 0 Å². The van der Waals surface area contributed by atoms with E-state index in [9.17, 15) is 0 Å². The standard InChI is InChI=1S/C13H23N3/c1-4-11-8-12(16(3)15-11)9-13(6-7-13)10-14-5-2/h8,14H,4-7,9-10H2,1-3H3. The SMILES string of the molecule is CCNCC1(Cc2cc(CC)nn2C)CC1. The first kappa shape index (κ1) is 11.6. The van der Waals surface area contributed by atoms with Crippen molar-refractivity contribution in [3.63, 3.8) is 0 Å². The fraction of sp³-hybridized carbons (Fsp3) is 0.769. The normalized spacial score (nSPS) is 17.7. The smallest absolute Gasteiger partial charge is 0.0624 e. The molecule has 2 rings (SSSR count). The summed E-state index contributed by atoms with van der Waals surface area (Å²) in [7, 11) is 2.07. The molecule has 90 valence electrons. The van der Waals surface area contributed by atoms with Crippen molar-refractivity contribution < 1.29 is 0 Å². The van der Waals surface area contributed by atoms with Crippen LogP contribution in [-0.2, 0) is 19.9 Å². The van der Waals surface area contributed by atoms with Gasteiger partial charge in [-0.2, -0.15) is 5.10 Å². The van der Waals surface area contributed by atoms with E-state index in [1.807, 2.05) is 0 Å². The molecular formula is C13H23N3. The number of nitrogens with one attached hydrogen (secondary N) is 1. The summed E-state index contributed by atoms with van der Waals surface area (Å²) in [5.41, 5.74) is 3.15. The van der Waals surface area contributed by atoms with Gasteiger partial charge in [0.05, 0.1) is 5.69 Å². The summed E-state index contributed by atoms with van der Waals surface area (Å²) in [4.78, 5) is 0. The lowest BCUT2D eigenvalue weighted by molar-refractivity contribution is 0.449. The second-order valence-electron chi connectivity index (χ2n) is 5.06. The quantitative estimate of drug-likeness (QED) is 0.795. The summed E-state index contributed by atoms with van der Waals surface area (Å²) in [6.45, 7) is 6.58. The molecule has 0 unspecified atom stereocenters. The summed E-state index contributed by atoms with van der Waals surface area (Å²) in [5.74, 6) is 0. The molecule has 0 bridgehead atoms. The lowest BCUT2D eigenvalue weighted by atomic mass is 10.00. The third-order valence-corrected chi connectivity index (χ3v) is 3.65. The van der Waals surface area contributed by atoms with Gasteiger partial charge in [0.1, 0.15) is 0 Å². The molecule has 0 aliphatic heterocycles. The Bertz CT molecular complexity index is 350. The highest BCUT2D eigenvalue weighted by Gasteiger charge is 2.42. The Morgan fingerprint density at radius 1 is 1.44 bits per heavy atom. The second kappa shape index (κ2) is 4.58. The molecule has 1 fully saturated rings. The van der Waals surface area contributed by atoms with Crippen LogP contribution in [0.4, 0.5) is 0 Å². The number of hydrogen-bond acceptors (Lipinski definition) is 2. The topological polar surface area (TPSA) is 29.9 Å². The molecule has 1 aliphatic rings. The van der Waals surface area contributed by atoms with E-state index >= 15 is 0 Å². The molecule has 0 saturated heterocycles. The van der Waals surface area contributed by atoms with Gasteiger partial charge in [0.2, 0.25) is 0 Å². The van der Waals surface area contributed by atoms with Gasteiger partial charge in [-0.3, -0.25) is 4.68 Å². The van der Waals surface area contributed by atoms with Crippen LogP contribution in [-0.4, -0.2) is 22.9 Å². The van der Waals surface area contributed by atoms with Crippen LogP contribution in [0.1, 0.15) is 38.1 Å². The summed E-state index contributed by atoms with van der Waals surface area (Å²) in [6.07, 6.45) is 4.96. The first-order valence-electron chi connectivity index (χ1n) is 6.41. The maximum atomic E-state index is 4.52. The van der Waals surface area contributed by atoms with E-state index in [1.54, 1.807) is 0 Å². The molecule has 1 heterocycles. The number of aryl methyl sites for hydroxylation is 2. The lowest BCUT2D eigenvalue weighted by Crippen LogP contribution is -2.25. The van der Waals surface area contributed by atoms with Crippen molar-refractivity contribution in [3.8, 4) is 0 Å². The molecule has 3 heteroatoms. The Morgan fingerprint density at radius 2 is 2.19 bits per heavy atom. The number of rotatable bonds is 6. The number of nitrogens with zero attached hydrogens (tertiary/aromatic N) is 2. The molecule has 0 aromatic carbocycles. The van der Waals surface area contributed by atoms with Crippen LogP contribution >= 0.6 is 0 Å². The molecule has 0 spiro atoms. The van der Waals surface area contributed by atoms with Gasteiger partial charge >= 0.3 is 0 Å². The van der Waals surface area contributed by atoms with Crippen molar-refractivity contribution in [3.05, 3.63) is 17.5 Å². The Kier molecular flexibility index (Phi) is 3.33. The first-order chi connectivity index (χ1) is 7.69. The molecule has 16 heavy (non-hydrogen) atoms. The van der Waals surface area contributed by atoms with Gasteiger partial charge in [0, 0.05) is 19.3 Å². The van der Waals surface area contributed by atoms with Crippen LogP contribution < -0.4 is 5.32 Å². The summed E-state index contributed by atoms with van der Waals surface area (Å²) < 4.78 is 2.06. The minimum atomic E-state index is 0.537. The largest absolute Gasteiger partial charge is 0.316 e. The zero-order valence-electron chi connectivity index (χ0n) is 10.7. The van der Waals surface area contributed by atoms with Gasteiger partial charge in [0.25, 0.3) is 0 Å². The van der Waals surface area contributed by atoms with Crippen molar-refractivity contribution in [2.75, 3.05) is 13.1 Å². The third-order valence-electron chi connectivity index (χ3n) is 3.65. The van der Waals surface area contributed by atoms with Gasteiger partial charge < -0.3 is 5.32 Å². The van der Waals surface area contributed by atoms with Crippen LogP contribution in [0.5, 0.6) is 0 Å². The number of aromatic nitrogens is 2. The minimum absolute atomic E-state index is 0.537. The maximum Gasteiger partial charge on any atom is 0.0624 e. The highest BCUT2D eigenvalue weighted by molar-refractivity contribution is 5.15. The van der Waals surface area contributed by atoms with E-state index in [1.165, 1.54) is 30.7 Å². The molecule has 0 radical (unpaired) electrons. The molecule has 0 atom stereocenters. The molecule has 1 aliphatic carbocycles. The Morgan fingerprint density at radius 3 is 2.69 bits per heavy atom. The average Bonchev–Trinajstić information content (AvgIpc) is 2.95. The van der Waals surface area contributed by atoms with Crippen LogP contribution in [0.2, 0.25) is 0 Å². The number of hydrogen-bond donors (Lipinski definition) is 1. The molecule has 1 aromatic heterocycles. The zero-order valence-corrected chi connectivity index (χ0v) is 10.7. The average molecular weight is 221 g/mol. The van der Waals surface area contributed by atoms with Crippen LogP contribution in [0.25, 0.3) is 0 Å². The molecule has 3 nitrogen and oxygen atoms in total. The summed E-state index contributed by atoms with van der Waals surface area (Å²) in [5, 5.41) is 8.00. The predicted octanol–water partition coefficient (Wildman–Crippen LogP) is 1.91. The second-order valence-corrected chi connectivity index (χ2v) is 5.06. The van der Waals surface area contributed by atoms with Crippen molar-refractivity contribution in [2.24, 2.45) is 12.5 Å². The van der Waals surface area contributed by atoms with Crippen molar-refractivity contribution in [1.82, 2.24) is 15.1 Å². The Labute approximate surface area is 98.2 Å². The summed E-state index contributed by atoms with van der Waals surface area (Å²) >= 11 is 0. The van der Waals surface area contributed by atoms with Crippen molar-refractivity contribution in [2.45, 2.75) is 39.5 Å². The van der Waals surface area contributed by atoms with Crippen LogP contribution in [0.3, 0.4) is 0 Å². The molecule has 1 saturated carbocycles. The van der Waals surface area contributed by atoms with E-state index in [0.29, 0.717) is 5.41 Å². The van der Waals surface area contributed by atoms with E-state index in [0.717, 1.165) is 19.5 Å². The van der Waals surface area contributed by atoms with Gasteiger partial charge in [-0.1, -0.05) is 13.8 Å². The van der Waals surface area contributed by atoms with E-state index < -0.39 is 0 Å². The zero-order chi connectivity index (χ0) is 11.6. The summed E-state index contributed by atoms with van der Waals surface area (Å²) in [6, 6.07) is 2.27. The van der Waals surface area contributed by atoms with E-state index in [-0.39, 0.29) is 0 Å². The fourth-order valence-corrected chi connectivity index (χ4v) is 2.28. The highest BCUT2D eigenvalue weighted by Crippen LogP contribution is 2.47. The minimum Gasteiger partial charge on any atom is -0.316 e. The van der Waals surface area contributed by atoms with Crippen LogP contribution in [0, 0.1) is 5.41 Å². The third kappa shape index (κ3) is 2.46. The van der Waals surface area contributed by atoms with Crippen LogP contribution in [0.15, 0.2) is 6.07 Å². The predicted molar refractivity (Wildman–Crippen MR) is 66.5 cm³/mol.